The van der Waals surface area contributed by atoms with Crippen LogP contribution in [0.15, 0.2) is 48.8 Å². The van der Waals surface area contributed by atoms with E-state index in [1.165, 1.54) is 53.5 Å². The van der Waals surface area contributed by atoms with Crippen LogP contribution in [0, 0.1) is 12.7 Å². The van der Waals surface area contributed by atoms with Crippen LogP contribution >= 0.6 is 0 Å². The molecule has 3 rings (SSSR count). The summed E-state index contributed by atoms with van der Waals surface area (Å²) in [6, 6.07) is 8.64. The van der Waals surface area contributed by atoms with Crippen molar-refractivity contribution in [1.82, 2.24) is 20.1 Å². The van der Waals surface area contributed by atoms with Gasteiger partial charge in [0, 0.05) is 18.3 Å². The third-order valence-electron chi connectivity index (χ3n) is 3.99. The average molecular weight is 408 g/mol. The Morgan fingerprint density at radius 1 is 1.21 bits per heavy atom. The number of pyridine rings is 1. The number of hydrogen-bond donors (Lipinski definition) is 1. The second-order valence-electron chi connectivity index (χ2n) is 6.09. The number of alkyl halides is 3. The van der Waals surface area contributed by atoms with Crippen molar-refractivity contribution in [2.24, 2.45) is 0 Å². The zero-order chi connectivity index (χ0) is 21.0. The first-order valence-corrected chi connectivity index (χ1v) is 8.47. The molecule has 10 heteroatoms. The van der Waals surface area contributed by atoms with Gasteiger partial charge in [-0.2, -0.15) is 18.3 Å². The van der Waals surface area contributed by atoms with Gasteiger partial charge in [-0.1, -0.05) is 6.07 Å². The number of carbonyl (C=O) groups excluding carboxylic acids is 1. The molecule has 0 saturated heterocycles. The highest BCUT2D eigenvalue weighted by Crippen LogP contribution is 2.20. The Balaban J connectivity index is 1.70. The van der Waals surface area contributed by atoms with Gasteiger partial charge in [-0.3, -0.25) is 4.79 Å². The molecule has 152 valence electrons. The monoisotopic (exact) mass is 408 g/mol. The standard InChI is InChI=1S/C19H16F4N4O2/c1-12-16(10-26-27(12)15-6-4-14(20)5-7-15)17(28)25-9-13-3-2-8-24-18(13)29-11-19(21,22)23/h2-8,10H,9,11H2,1H3,(H,25,28). The topological polar surface area (TPSA) is 69.0 Å². The molecule has 0 aliphatic carbocycles. The van der Waals surface area contributed by atoms with Gasteiger partial charge in [-0.05, 0) is 37.3 Å². The summed E-state index contributed by atoms with van der Waals surface area (Å²) in [6.07, 6.45) is -1.84. The van der Waals surface area contributed by atoms with Crippen LogP contribution in [0.1, 0.15) is 21.6 Å². The van der Waals surface area contributed by atoms with E-state index in [2.05, 4.69) is 15.4 Å². The number of nitrogens with one attached hydrogen (secondary N) is 1. The number of aromatic nitrogens is 3. The molecular weight excluding hydrogens is 392 g/mol. The maximum absolute atomic E-state index is 13.1. The van der Waals surface area contributed by atoms with Crippen molar-refractivity contribution < 1.29 is 27.1 Å². The molecule has 29 heavy (non-hydrogen) atoms. The molecule has 1 amide bonds. The number of amides is 1. The van der Waals surface area contributed by atoms with Crippen molar-refractivity contribution in [3.05, 3.63) is 71.4 Å². The van der Waals surface area contributed by atoms with Gasteiger partial charge in [0.15, 0.2) is 6.61 Å². The second-order valence-corrected chi connectivity index (χ2v) is 6.09. The zero-order valence-corrected chi connectivity index (χ0v) is 15.2. The lowest BCUT2D eigenvalue weighted by atomic mass is 10.2. The molecule has 3 aromatic rings. The molecule has 0 saturated carbocycles. The average Bonchev–Trinajstić information content (AvgIpc) is 3.06. The number of carbonyl (C=O) groups is 1. The van der Waals surface area contributed by atoms with Crippen LogP contribution in [0.4, 0.5) is 17.6 Å². The summed E-state index contributed by atoms with van der Waals surface area (Å²) >= 11 is 0. The van der Waals surface area contributed by atoms with Crippen LogP contribution < -0.4 is 10.1 Å². The molecule has 1 N–H and O–H groups in total. The van der Waals surface area contributed by atoms with E-state index in [-0.39, 0.29) is 18.0 Å². The highest BCUT2D eigenvalue weighted by molar-refractivity contribution is 5.95. The van der Waals surface area contributed by atoms with Gasteiger partial charge in [-0.25, -0.2) is 14.1 Å². The Labute approximate surface area is 163 Å². The van der Waals surface area contributed by atoms with Gasteiger partial charge in [0.2, 0.25) is 5.88 Å². The van der Waals surface area contributed by atoms with Crippen LogP contribution in [-0.4, -0.2) is 33.5 Å². The summed E-state index contributed by atoms with van der Waals surface area (Å²) in [4.78, 5) is 16.3. The Bertz CT molecular complexity index is 1000. The minimum absolute atomic E-state index is 0.0823. The maximum atomic E-state index is 13.1. The Morgan fingerprint density at radius 2 is 1.93 bits per heavy atom. The van der Waals surface area contributed by atoms with E-state index < -0.39 is 24.5 Å². The number of rotatable bonds is 6. The molecule has 0 radical (unpaired) electrons. The van der Waals surface area contributed by atoms with E-state index >= 15 is 0 Å². The molecule has 1 aromatic carbocycles. The molecule has 6 nitrogen and oxygen atoms in total. The predicted molar refractivity (Wildman–Crippen MR) is 95.2 cm³/mol. The lowest BCUT2D eigenvalue weighted by Crippen LogP contribution is -2.25. The van der Waals surface area contributed by atoms with Crippen LogP contribution in [0.3, 0.4) is 0 Å². The summed E-state index contributed by atoms with van der Waals surface area (Å²) in [5.41, 5.74) is 1.68. The lowest BCUT2D eigenvalue weighted by molar-refractivity contribution is -0.154. The van der Waals surface area contributed by atoms with Gasteiger partial charge in [0.25, 0.3) is 5.91 Å². The minimum Gasteiger partial charge on any atom is -0.468 e. The Morgan fingerprint density at radius 3 is 2.62 bits per heavy atom. The number of halogens is 4. The van der Waals surface area contributed by atoms with Crippen LogP contribution in [0.25, 0.3) is 5.69 Å². The third kappa shape index (κ3) is 5.09. The fourth-order valence-corrected chi connectivity index (χ4v) is 2.58. The maximum Gasteiger partial charge on any atom is 0.422 e. The molecule has 0 spiro atoms. The first-order valence-electron chi connectivity index (χ1n) is 8.47. The van der Waals surface area contributed by atoms with Crippen molar-refractivity contribution >= 4 is 5.91 Å². The summed E-state index contributed by atoms with van der Waals surface area (Å²) in [6.45, 7) is 0.114. The number of ether oxygens (including phenoxy) is 1. The third-order valence-corrected chi connectivity index (χ3v) is 3.99. The normalized spacial score (nSPS) is 11.3. The highest BCUT2D eigenvalue weighted by Gasteiger charge is 2.29. The fourth-order valence-electron chi connectivity index (χ4n) is 2.58. The highest BCUT2D eigenvalue weighted by atomic mass is 19.4. The van der Waals surface area contributed by atoms with Crippen molar-refractivity contribution in [2.75, 3.05) is 6.61 Å². The first kappa shape index (κ1) is 20.3. The Hall–Kier alpha value is -3.43. The van der Waals surface area contributed by atoms with Crippen molar-refractivity contribution in [3.8, 4) is 11.6 Å². The summed E-state index contributed by atoms with van der Waals surface area (Å²) < 4.78 is 56.4. The van der Waals surface area contributed by atoms with E-state index in [1.54, 1.807) is 6.92 Å². The molecule has 2 heterocycles. The quantitative estimate of drug-likeness (QED) is 0.633. The van der Waals surface area contributed by atoms with E-state index in [0.717, 1.165) is 0 Å². The largest absolute Gasteiger partial charge is 0.468 e. The minimum atomic E-state index is -4.50. The van der Waals surface area contributed by atoms with Crippen LogP contribution in [0.5, 0.6) is 5.88 Å². The molecular formula is C19H16F4N4O2. The summed E-state index contributed by atoms with van der Waals surface area (Å²) in [5, 5.41) is 6.75. The van der Waals surface area contributed by atoms with Gasteiger partial charge in [0.1, 0.15) is 5.82 Å². The molecule has 0 bridgehead atoms. The van der Waals surface area contributed by atoms with Crippen molar-refractivity contribution in [1.29, 1.82) is 0 Å². The second kappa shape index (κ2) is 8.29. The van der Waals surface area contributed by atoms with E-state index in [1.807, 2.05) is 0 Å². The number of nitrogens with zero attached hydrogens (tertiary/aromatic N) is 3. The number of benzene rings is 1. The van der Waals surface area contributed by atoms with Gasteiger partial charge < -0.3 is 10.1 Å². The molecule has 0 aliphatic heterocycles. The van der Waals surface area contributed by atoms with E-state index in [9.17, 15) is 22.4 Å². The van der Waals surface area contributed by atoms with Gasteiger partial charge in [-0.15, -0.1) is 0 Å². The van der Waals surface area contributed by atoms with Gasteiger partial charge in [0.05, 0.1) is 23.1 Å². The first-order chi connectivity index (χ1) is 13.7. The molecule has 0 unspecified atom stereocenters. The number of hydrogen-bond acceptors (Lipinski definition) is 4. The molecule has 0 aliphatic rings. The molecule has 2 aromatic heterocycles. The summed E-state index contributed by atoms with van der Waals surface area (Å²) in [7, 11) is 0. The lowest BCUT2D eigenvalue weighted by Gasteiger charge is -2.12. The molecule has 0 atom stereocenters. The van der Waals surface area contributed by atoms with Crippen LogP contribution in [-0.2, 0) is 6.54 Å². The van der Waals surface area contributed by atoms with E-state index in [0.29, 0.717) is 16.9 Å². The zero-order valence-electron chi connectivity index (χ0n) is 15.2. The van der Waals surface area contributed by atoms with Crippen molar-refractivity contribution in [2.45, 2.75) is 19.6 Å². The summed E-state index contributed by atoms with van der Waals surface area (Å²) in [5.74, 6) is -1.07. The Kier molecular flexibility index (Phi) is 5.81. The van der Waals surface area contributed by atoms with E-state index in [4.69, 9.17) is 4.74 Å². The smallest absolute Gasteiger partial charge is 0.422 e. The SMILES string of the molecule is Cc1c(C(=O)NCc2cccnc2OCC(F)(F)F)cnn1-c1ccc(F)cc1. The van der Waals surface area contributed by atoms with Crippen LogP contribution in [0.2, 0.25) is 0 Å². The molecule has 0 fully saturated rings. The van der Waals surface area contributed by atoms with Crippen molar-refractivity contribution in [3.63, 3.8) is 0 Å². The predicted octanol–water partition coefficient (Wildman–Crippen LogP) is 3.59. The van der Waals surface area contributed by atoms with Gasteiger partial charge >= 0.3 is 6.18 Å². The fraction of sp³-hybridized carbons (Fsp3) is 0.211.